The number of aromatic nitrogens is 7. The highest BCUT2D eigenvalue weighted by Crippen LogP contribution is 2.43. The molecule has 0 aliphatic carbocycles. The molecule has 0 amide bonds. The van der Waals surface area contributed by atoms with Crippen molar-refractivity contribution in [1.82, 2.24) is 34.5 Å². The Morgan fingerprint density at radius 3 is 2.24 bits per heavy atom. The number of nitrogens with zero attached hydrogens (tertiary/aromatic N) is 7. The fourth-order valence-electron chi connectivity index (χ4n) is 4.33. The number of benzene rings is 1. The van der Waals surface area contributed by atoms with Gasteiger partial charge >= 0.3 is 0 Å². The predicted octanol–water partition coefficient (Wildman–Crippen LogP) is 1.35. The Kier molecular flexibility index (Phi) is 6.99. The van der Waals surface area contributed by atoms with E-state index in [1.807, 2.05) is 13.0 Å². The summed E-state index contributed by atoms with van der Waals surface area (Å²) in [6.45, 7) is 3.31. The average molecular weight is 529 g/mol. The number of rotatable bonds is 9. The number of ether oxygens (including phenoxy) is 3. The maximum Gasteiger partial charge on any atom is 0.215 e. The summed E-state index contributed by atoms with van der Waals surface area (Å²) in [5.74, 6) is 1.36. The van der Waals surface area contributed by atoms with Gasteiger partial charge in [0.05, 0.1) is 14.2 Å². The third-order valence-corrected chi connectivity index (χ3v) is 7.50. The number of methoxy groups -OCH3 is 3. The van der Waals surface area contributed by atoms with E-state index in [2.05, 4.69) is 25.3 Å². The molecule has 2 atom stereocenters. The maximum atomic E-state index is 12.9. The number of primary sulfonamides is 1. The van der Waals surface area contributed by atoms with Gasteiger partial charge in [0.2, 0.25) is 15.6 Å². The first kappa shape index (κ1) is 26.2. The number of nitrogens with two attached hydrogens (primary N) is 1. The summed E-state index contributed by atoms with van der Waals surface area (Å²) in [6, 6.07) is 7.11. The van der Waals surface area contributed by atoms with Crippen LogP contribution in [0.4, 0.5) is 0 Å². The van der Waals surface area contributed by atoms with Crippen molar-refractivity contribution in [2.45, 2.75) is 24.7 Å². The molecule has 1 aromatic carbocycles. The van der Waals surface area contributed by atoms with Crippen LogP contribution >= 0.6 is 0 Å². The summed E-state index contributed by atoms with van der Waals surface area (Å²) in [5.41, 5.74) is 0.0460. The van der Waals surface area contributed by atoms with E-state index >= 15 is 0 Å². The van der Waals surface area contributed by atoms with Crippen LogP contribution in [0.3, 0.4) is 0 Å². The molecule has 4 aromatic rings. The van der Waals surface area contributed by atoms with Crippen molar-refractivity contribution in [3.63, 3.8) is 0 Å². The first-order chi connectivity index (χ1) is 17.6. The van der Waals surface area contributed by atoms with Crippen LogP contribution in [0, 0.1) is 6.92 Å². The number of sulfonamides is 1. The van der Waals surface area contributed by atoms with E-state index < -0.39 is 20.9 Å². The molecule has 0 saturated carbocycles. The molecule has 3 heterocycles. The van der Waals surface area contributed by atoms with Gasteiger partial charge in [0, 0.05) is 32.1 Å². The van der Waals surface area contributed by atoms with Crippen LogP contribution in [0.25, 0.3) is 17.1 Å². The van der Waals surface area contributed by atoms with Gasteiger partial charge in [-0.15, -0.1) is 10.2 Å². The minimum Gasteiger partial charge on any atom is -0.494 e. The summed E-state index contributed by atoms with van der Waals surface area (Å²) in [4.78, 5) is 8.63. The smallest absolute Gasteiger partial charge is 0.215 e. The fourth-order valence-corrected chi connectivity index (χ4v) is 5.10. The molecule has 2 unspecified atom stereocenters. The first-order valence-electron chi connectivity index (χ1n) is 11.1. The van der Waals surface area contributed by atoms with E-state index in [0.717, 1.165) is 5.56 Å². The van der Waals surface area contributed by atoms with E-state index in [-0.39, 0.29) is 11.6 Å². The van der Waals surface area contributed by atoms with E-state index in [9.17, 15) is 8.42 Å². The van der Waals surface area contributed by atoms with Gasteiger partial charge in [0.15, 0.2) is 17.5 Å². The van der Waals surface area contributed by atoms with E-state index in [0.29, 0.717) is 28.6 Å². The average Bonchev–Trinajstić information content (AvgIpc) is 3.51. The van der Waals surface area contributed by atoms with Gasteiger partial charge < -0.3 is 14.2 Å². The number of para-hydroxylation sites is 1. The minimum absolute atomic E-state index is 0.0620. The minimum atomic E-state index is -4.22. The molecule has 0 fully saturated rings. The monoisotopic (exact) mass is 528 g/mol. The van der Waals surface area contributed by atoms with Crippen LogP contribution in [0.5, 0.6) is 11.5 Å². The molecule has 196 valence electrons. The molecular weight excluding hydrogens is 500 g/mol. The van der Waals surface area contributed by atoms with Crippen LogP contribution < -0.4 is 14.6 Å². The third kappa shape index (κ3) is 4.32. The lowest BCUT2D eigenvalue weighted by Gasteiger charge is -2.35. The van der Waals surface area contributed by atoms with Crippen molar-refractivity contribution < 1.29 is 22.6 Å². The van der Waals surface area contributed by atoms with Crippen molar-refractivity contribution in [2.75, 3.05) is 21.3 Å². The van der Waals surface area contributed by atoms with Gasteiger partial charge in [-0.3, -0.25) is 14.2 Å². The first-order valence-corrected chi connectivity index (χ1v) is 12.7. The standard InChI is InChI=1S/C23H28N8O5S/c1-14-10-16(12-25-11-14)20-28-29-22(31(20)19-17(34-4)8-7-9-18(19)35-5)23(36-6,15(2)37(24,32)33)21-26-13-27-30(21)3/h7-13,15H,1-6H3,(H2,24,32,33). The van der Waals surface area contributed by atoms with Gasteiger partial charge in [-0.05, 0) is 37.6 Å². The van der Waals surface area contributed by atoms with E-state index in [4.69, 9.17) is 19.3 Å². The van der Waals surface area contributed by atoms with Crippen molar-refractivity contribution in [3.05, 3.63) is 60.2 Å². The molecular formula is C23H28N8O5S. The fraction of sp³-hybridized carbons (Fsp3) is 0.348. The van der Waals surface area contributed by atoms with Gasteiger partial charge in [-0.1, -0.05) is 6.07 Å². The topological polar surface area (TPSA) is 162 Å². The Bertz CT molecular complexity index is 1510. The summed E-state index contributed by atoms with van der Waals surface area (Å²) in [5, 5.41) is 17.4. The Hall–Kier alpha value is -3.88. The number of aryl methyl sites for hydroxylation is 2. The number of pyridine rings is 1. The summed E-state index contributed by atoms with van der Waals surface area (Å²) < 4.78 is 46.1. The maximum absolute atomic E-state index is 12.9. The normalized spacial score (nSPS) is 14.2. The van der Waals surface area contributed by atoms with Crippen molar-refractivity contribution in [3.8, 4) is 28.6 Å². The molecule has 0 aliphatic rings. The van der Waals surface area contributed by atoms with Crippen LogP contribution in [-0.2, 0) is 27.4 Å². The highest BCUT2D eigenvalue weighted by Gasteiger charge is 2.53. The second-order valence-corrected chi connectivity index (χ2v) is 10.2. The molecule has 13 nitrogen and oxygen atoms in total. The molecule has 0 saturated heterocycles. The van der Waals surface area contributed by atoms with Crippen molar-refractivity contribution in [2.24, 2.45) is 12.2 Å². The quantitative estimate of drug-likeness (QED) is 0.335. The predicted molar refractivity (Wildman–Crippen MR) is 134 cm³/mol. The third-order valence-electron chi connectivity index (χ3n) is 6.18. The lowest BCUT2D eigenvalue weighted by atomic mass is 9.96. The molecule has 0 radical (unpaired) electrons. The largest absolute Gasteiger partial charge is 0.494 e. The zero-order valence-corrected chi connectivity index (χ0v) is 22.1. The second-order valence-electron chi connectivity index (χ2n) is 8.32. The van der Waals surface area contributed by atoms with Crippen LogP contribution in [0.2, 0.25) is 0 Å². The highest BCUT2D eigenvalue weighted by molar-refractivity contribution is 7.89. The van der Waals surface area contributed by atoms with E-state index in [1.54, 1.807) is 42.2 Å². The summed E-state index contributed by atoms with van der Waals surface area (Å²) in [6.07, 6.45) is 4.62. The number of hydrogen-bond acceptors (Lipinski definition) is 10. The number of hydrogen-bond donors (Lipinski definition) is 1. The van der Waals surface area contributed by atoms with Gasteiger partial charge in [-0.25, -0.2) is 18.5 Å². The Labute approximate surface area is 214 Å². The molecule has 3 aromatic heterocycles. The summed E-state index contributed by atoms with van der Waals surface area (Å²) in [7, 11) is 1.76. The lowest BCUT2D eigenvalue weighted by molar-refractivity contribution is 0.00217. The molecule has 0 bridgehead atoms. The highest BCUT2D eigenvalue weighted by atomic mass is 32.2. The molecule has 37 heavy (non-hydrogen) atoms. The zero-order chi connectivity index (χ0) is 27.0. The summed E-state index contributed by atoms with van der Waals surface area (Å²) >= 11 is 0. The Morgan fingerprint density at radius 1 is 1.05 bits per heavy atom. The van der Waals surface area contributed by atoms with Crippen LogP contribution in [0.15, 0.2) is 43.0 Å². The van der Waals surface area contributed by atoms with Crippen molar-refractivity contribution in [1.29, 1.82) is 0 Å². The molecule has 0 spiro atoms. The molecule has 4 rings (SSSR count). The Balaban J connectivity index is 2.22. The van der Waals surface area contributed by atoms with Gasteiger partial charge in [0.25, 0.3) is 0 Å². The van der Waals surface area contributed by atoms with Gasteiger partial charge in [0.1, 0.15) is 28.8 Å². The van der Waals surface area contributed by atoms with Crippen LogP contribution in [-0.4, -0.2) is 69.5 Å². The molecule has 2 N–H and O–H groups in total. The van der Waals surface area contributed by atoms with Gasteiger partial charge in [-0.2, -0.15) is 5.10 Å². The lowest BCUT2D eigenvalue weighted by Crippen LogP contribution is -2.50. The van der Waals surface area contributed by atoms with Crippen LogP contribution in [0.1, 0.15) is 24.1 Å². The van der Waals surface area contributed by atoms with E-state index in [1.165, 1.54) is 39.3 Å². The zero-order valence-electron chi connectivity index (χ0n) is 21.3. The van der Waals surface area contributed by atoms with Crippen molar-refractivity contribution >= 4 is 10.0 Å². The molecule has 14 heteroatoms. The second kappa shape index (κ2) is 9.88. The Morgan fingerprint density at radius 2 is 1.73 bits per heavy atom. The molecule has 0 aliphatic heterocycles. The SMILES string of the molecule is COc1cccc(OC)c1-n1c(-c2cncc(C)c2)nnc1C(OC)(c1ncnn1C)C(C)S(N)(=O)=O.